The van der Waals surface area contributed by atoms with Gasteiger partial charge in [-0.2, -0.15) is 13.2 Å². The molecule has 0 saturated carbocycles. The van der Waals surface area contributed by atoms with Crippen molar-refractivity contribution in [3.8, 4) is 0 Å². The molecule has 3 rings (SSSR count). The minimum Gasteiger partial charge on any atom is -0.288 e. The highest BCUT2D eigenvalue weighted by Crippen LogP contribution is 2.37. The van der Waals surface area contributed by atoms with E-state index >= 15 is 0 Å². The van der Waals surface area contributed by atoms with Crippen molar-refractivity contribution in [2.45, 2.75) is 6.18 Å². The summed E-state index contributed by atoms with van der Waals surface area (Å²) < 4.78 is 41.0. The van der Waals surface area contributed by atoms with E-state index in [0.29, 0.717) is 6.08 Å². The largest absolute Gasteiger partial charge is 0.417 e. The third-order valence-electron chi connectivity index (χ3n) is 3.32. The summed E-state index contributed by atoms with van der Waals surface area (Å²) in [5.41, 5.74) is -1.36. The third kappa shape index (κ3) is 4.03. The van der Waals surface area contributed by atoms with Crippen molar-refractivity contribution in [1.29, 1.82) is 0 Å². The molecule has 0 fully saturated rings. The smallest absolute Gasteiger partial charge is 0.288 e. The number of hydrogen-bond donors (Lipinski definition) is 0. The lowest BCUT2D eigenvalue weighted by Gasteiger charge is -2.12. The first-order valence-electron chi connectivity index (χ1n) is 6.87. The van der Waals surface area contributed by atoms with Crippen molar-refractivity contribution in [3.05, 3.63) is 69.3 Å². The summed E-state index contributed by atoms with van der Waals surface area (Å²) in [5.74, 6) is -0.746. The first kappa shape index (κ1) is 17.9. The average Bonchev–Trinajstić information content (AvgIpc) is 2.94. The molecule has 0 aliphatic rings. The molecule has 0 bridgehead atoms. The second-order valence-electron chi connectivity index (χ2n) is 5.10. The summed E-state index contributed by atoms with van der Waals surface area (Å²) in [6.07, 6.45) is -1.06. The SMILES string of the molecule is O=C(/C=C(\c1cc(Cl)cc(Cl)c1)C(F)(F)F)c1cc2ccncc2s1. The Morgan fingerprint density at radius 1 is 1.12 bits per heavy atom. The molecule has 0 atom stereocenters. The quantitative estimate of drug-likeness (QED) is 0.373. The van der Waals surface area contributed by atoms with Crippen LogP contribution in [0.2, 0.25) is 10.0 Å². The number of hydrogen-bond acceptors (Lipinski definition) is 3. The Bertz CT molecular complexity index is 942. The van der Waals surface area contributed by atoms with Gasteiger partial charge < -0.3 is 0 Å². The van der Waals surface area contributed by atoms with Crippen LogP contribution in [0, 0.1) is 0 Å². The van der Waals surface area contributed by atoms with Crippen LogP contribution in [-0.4, -0.2) is 16.9 Å². The summed E-state index contributed by atoms with van der Waals surface area (Å²) in [6.45, 7) is 0. The highest BCUT2D eigenvalue weighted by Gasteiger charge is 2.35. The molecule has 0 N–H and O–H groups in total. The molecule has 3 aromatic rings. The minimum atomic E-state index is -4.73. The maximum atomic E-state index is 13.4. The summed E-state index contributed by atoms with van der Waals surface area (Å²) >= 11 is 12.6. The Kier molecular flexibility index (Phi) is 4.86. The first-order chi connectivity index (χ1) is 11.7. The number of nitrogens with zero attached hydrogens (tertiary/aromatic N) is 1. The van der Waals surface area contributed by atoms with Gasteiger partial charge in [-0.05, 0) is 47.4 Å². The predicted molar refractivity (Wildman–Crippen MR) is 94.4 cm³/mol. The number of fused-ring (bicyclic) bond motifs is 1. The average molecular weight is 402 g/mol. The number of ketones is 1. The molecule has 2 aromatic heterocycles. The molecule has 0 unspecified atom stereocenters. The van der Waals surface area contributed by atoms with E-state index in [0.717, 1.165) is 33.6 Å². The van der Waals surface area contributed by atoms with Crippen molar-refractivity contribution >= 4 is 56.0 Å². The third-order valence-corrected chi connectivity index (χ3v) is 4.86. The highest BCUT2D eigenvalue weighted by atomic mass is 35.5. The second-order valence-corrected chi connectivity index (χ2v) is 7.06. The number of pyridine rings is 1. The van der Waals surface area contributed by atoms with Gasteiger partial charge in [-0.15, -0.1) is 11.3 Å². The Balaban J connectivity index is 2.07. The number of rotatable bonds is 3. The molecule has 2 heterocycles. The van der Waals surface area contributed by atoms with Crippen LogP contribution in [0.1, 0.15) is 15.2 Å². The lowest BCUT2D eigenvalue weighted by Crippen LogP contribution is -2.12. The zero-order chi connectivity index (χ0) is 18.2. The molecule has 0 spiro atoms. The maximum absolute atomic E-state index is 13.4. The van der Waals surface area contributed by atoms with Crippen molar-refractivity contribution < 1.29 is 18.0 Å². The van der Waals surface area contributed by atoms with Crippen molar-refractivity contribution in [2.24, 2.45) is 0 Å². The van der Waals surface area contributed by atoms with Gasteiger partial charge in [-0.25, -0.2) is 0 Å². The highest BCUT2D eigenvalue weighted by molar-refractivity contribution is 7.20. The minimum absolute atomic E-state index is 0.0537. The van der Waals surface area contributed by atoms with Gasteiger partial charge in [-0.1, -0.05) is 23.2 Å². The predicted octanol–water partition coefficient (Wildman–Crippen LogP) is 6.43. The number of allylic oxidation sites excluding steroid dienone is 2. The van der Waals surface area contributed by atoms with E-state index < -0.39 is 17.5 Å². The molecule has 0 radical (unpaired) electrons. The molecule has 25 heavy (non-hydrogen) atoms. The van der Waals surface area contributed by atoms with Gasteiger partial charge in [0.2, 0.25) is 0 Å². The van der Waals surface area contributed by atoms with E-state index in [4.69, 9.17) is 23.2 Å². The topological polar surface area (TPSA) is 30.0 Å². The van der Waals surface area contributed by atoms with Crippen LogP contribution in [0.3, 0.4) is 0 Å². The van der Waals surface area contributed by atoms with Crippen LogP contribution in [0.4, 0.5) is 13.2 Å². The van der Waals surface area contributed by atoms with Crippen molar-refractivity contribution in [1.82, 2.24) is 4.98 Å². The monoisotopic (exact) mass is 401 g/mol. The van der Waals surface area contributed by atoms with Crippen LogP contribution >= 0.6 is 34.5 Å². The number of carbonyl (C=O) groups excluding carboxylic acids is 1. The summed E-state index contributed by atoms with van der Waals surface area (Å²) in [4.78, 5) is 16.5. The number of benzene rings is 1. The van der Waals surface area contributed by atoms with Gasteiger partial charge >= 0.3 is 6.18 Å². The fraction of sp³-hybridized carbons (Fsp3) is 0.0588. The van der Waals surface area contributed by atoms with E-state index in [1.807, 2.05) is 0 Å². The summed E-state index contributed by atoms with van der Waals surface area (Å²) in [5, 5.41) is 0.854. The summed E-state index contributed by atoms with van der Waals surface area (Å²) in [7, 11) is 0. The zero-order valence-corrected chi connectivity index (χ0v) is 14.6. The molecular formula is C17H8Cl2F3NOS. The number of thiophene rings is 1. The van der Waals surface area contributed by atoms with E-state index in [9.17, 15) is 18.0 Å². The van der Waals surface area contributed by atoms with Gasteiger partial charge in [0.25, 0.3) is 0 Å². The zero-order valence-electron chi connectivity index (χ0n) is 12.3. The summed E-state index contributed by atoms with van der Waals surface area (Å²) in [6, 6.07) is 6.79. The Labute approximate surface area is 154 Å². The van der Waals surface area contributed by atoms with Crippen molar-refractivity contribution in [3.63, 3.8) is 0 Å². The molecule has 128 valence electrons. The molecule has 1 aromatic carbocycles. The molecule has 0 amide bonds. The molecule has 0 aliphatic heterocycles. The molecular weight excluding hydrogens is 394 g/mol. The maximum Gasteiger partial charge on any atom is 0.417 e. The standard InChI is InChI=1S/C17H8Cl2F3NOS/c18-11-3-10(4-12(19)6-11)13(17(20,21)22)7-14(24)15-5-9-1-2-23-8-16(9)25-15/h1-8H/b13-7+. The second kappa shape index (κ2) is 6.78. The lowest BCUT2D eigenvalue weighted by atomic mass is 10.0. The number of carbonyl (C=O) groups is 1. The fourth-order valence-corrected chi connectivity index (χ4v) is 3.71. The van der Waals surface area contributed by atoms with E-state index in [1.54, 1.807) is 24.5 Å². The number of halogens is 5. The lowest BCUT2D eigenvalue weighted by molar-refractivity contribution is -0.0689. The van der Waals surface area contributed by atoms with Gasteiger partial charge in [0.05, 0.1) is 15.2 Å². The van der Waals surface area contributed by atoms with Gasteiger partial charge in [0, 0.05) is 22.4 Å². The Hall–Kier alpha value is -1.89. The molecule has 2 nitrogen and oxygen atoms in total. The Morgan fingerprint density at radius 3 is 2.40 bits per heavy atom. The van der Waals surface area contributed by atoms with Gasteiger partial charge in [0.1, 0.15) is 0 Å². The Morgan fingerprint density at radius 2 is 1.80 bits per heavy atom. The van der Waals surface area contributed by atoms with E-state index in [2.05, 4.69) is 4.98 Å². The van der Waals surface area contributed by atoms with Gasteiger partial charge in [0.15, 0.2) is 5.78 Å². The molecule has 8 heteroatoms. The van der Waals surface area contributed by atoms with Crippen LogP contribution in [-0.2, 0) is 0 Å². The van der Waals surface area contributed by atoms with Gasteiger partial charge in [-0.3, -0.25) is 9.78 Å². The van der Waals surface area contributed by atoms with Crippen LogP contribution in [0.5, 0.6) is 0 Å². The van der Waals surface area contributed by atoms with Crippen LogP contribution in [0.25, 0.3) is 15.7 Å². The number of alkyl halides is 3. The van der Waals surface area contributed by atoms with E-state index in [-0.39, 0.29) is 20.5 Å². The molecule has 0 aliphatic carbocycles. The molecule has 0 saturated heterocycles. The van der Waals surface area contributed by atoms with Crippen LogP contribution in [0.15, 0.2) is 48.8 Å². The fourth-order valence-electron chi connectivity index (χ4n) is 2.25. The van der Waals surface area contributed by atoms with E-state index in [1.165, 1.54) is 6.07 Å². The first-order valence-corrected chi connectivity index (χ1v) is 8.44. The normalized spacial score (nSPS) is 12.6. The van der Waals surface area contributed by atoms with Crippen molar-refractivity contribution in [2.75, 3.05) is 0 Å². The van der Waals surface area contributed by atoms with Crippen LogP contribution < -0.4 is 0 Å². The number of aromatic nitrogens is 1.